The van der Waals surface area contributed by atoms with Gasteiger partial charge in [0.15, 0.2) is 0 Å². The minimum absolute atomic E-state index is 0.209. The standard InChI is InChI=1S/C13H14N4O2/c14-13(18)19-11-2-1-10-12(17-11)9(3-4-16-10)5-8-6-15-7-8/h1-4,8,15H,5-7H2,(H2,14,18). The first-order chi connectivity index (χ1) is 9.22. The van der Waals surface area contributed by atoms with Gasteiger partial charge >= 0.3 is 6.09 Å². The smallest absolute Gasteiger partial charge is 0.391 e. The number of pyridine rings is 2. The van der Waals surface area contributed by atoms with E-state index in [9.17, 15) is 4.79 Å². The number of primary amides is 1. The van der Waals surface area contributed by atoms with E-state index in [1.807, 2.05) is 6.07 Å². The Kier molecular flexibility index (Phi) is 3.00. The summed E-state index contributed by atoms with van der Waals surface area (Å²) >= 11 is 0. The van der Waals surface area contributed by atoms with Gasteiger partial charge in [-0.2, -0.15) is 0 Å². The quantitative estimate of drug-likeness (QED) is 0.851. The first-order valence-corrected chi connectivity index (χ1v) is 6.15. The van der Waals surface area contributed by atoms with Gasteiger partial charge in [0.2, 0.25) is 5.88 Å². The summed E-state index contributed by atoms with van der Waals surface area (Å²) in [6.07, 6.45) is 1.86. The van der Waals surface area contributed by atoms with Gasteiger partial charge in [0.1, 0.15) is 0 Å². The van der Waals surface area contributed by atoms with E-state index in [1.165, 1.54) is 0 Å². The van der Waals surface area contributed by atoms with Gasteiger partial charge in [-0.05, 0) is 43.1 Å². The van der Waals surface area contributed by atoms with Crippen molar-refractivity contribution < 1.29 is 9.53 Å². The highest BCUT2D eigenvalue weighted by atomic mass is 16.6. The van der Waals surface area contributed by atoms with Gasteiger partial charge in [0, 0.05) is 12.3 Å². The Morgan fingerprint density at radius 2 is 2.26 bits per heavy atom. The Labute approximate surface area is 110 Å². The van der Waals surface area contributed by atoms with Crippen molar-refractivity contribution in [2.45, 2.75) is 6.42 Å². The third kappa shape index (κ3) is 2.48. The topological polar surface area (TPSA) is 90.1 Å². The van der Waals surface area contributed by atoms with Gasteiger partial charge < -0.3 is 15.8 Å². The summed E-state index contributed by atoms with van der Waals surface area (Å²) in [5, 5.41) is 3.25. The predicted octanol–water partition coefficient (Wildman–Crippen LogP) is 0.849. The van der Waals surface area contributed by atoms with Crippen LogP contribution in [0.3, 0.4) is 0 Å². The number of rotatable bonds is 3. The molecule has 2 aromatic heterocycles. The number of nitrogens with zero attached hydrogens (tertiary/aromatic N) is 2. The minimum Gasteiger partial charge on any atom is -0.391 e. The van der Waals surface area contributed by atoms with Crippen molar-refractivity contribution in [2.75, 3.05) is 13.1 Å². The highest BCUT2D eigenvalue weighted by molar-refractivity contribution is 5.79. The number of nitrogens with one attached hydrogen (secondary N) is 1. The number of aromatic nitrogens is 2. The molecular weight excluding hydrogens is 244 g/mol. The Balaban J connectivity index is 1.97. The highest BCUT2D eigenvalue weighted by Crippen LogP contribution is 2.22. The fourth-order valence-electron chi connectivity index (χ4n) is 2.19. The molecule has 6 nitrogen and oxygen atoms in total. The zero-order valence-corrected chi connectivity index (χ0v) is 10.3. The highest BCUT2D eigenvalue weighted by Gasteiger charge is 2.18. The number of nitrogens with two attached hydrogens (primary N) is 1. The minimum atomic E-state index is -0.861. The Morgan fingerprint density at radius 3 is 2.95 bits per heavy atom. The molecule has 19 heavy (non-hydrogen) atoms. The maximum atomic E-state index is 10.8. The summed E-state index contributed by atoms with van der Waals surface area (Å²) in [6, 6.07) is 5.33. The molecule has 6 heteroatoms. The van der Waals surface area contributed by atoms with Crippen molar-refractivity contribution in [3.8, 4) is 5.88 Å². The lowest BCUT2D eigenvalue weighted by molar-refractivity contribution is 0.209. The molecule has 0 aliphatic carbocycles. The molecule has 1 saturated heterocycles. The molecule has 98 valence electrons. The molecule has 0 saturated carbocycles. The third-order valence-corrected chi connectivity index (χ3v) is 3.22. The molecule has 0 atom stereocenters. The molecule has 0 spiro atoms. The van der Waals surface area contributed by atoms with Crippen LogP contribution in [0.15, 0.2) is 24.4 Å². The van der Waals surface area contributed by atoms with Gasteiger partial charge in [-0.25, -0.2) is 9.78 Å². The van der Waals surface area contributed by atoms with Crippen LogP contribution in [0.1, 0.15) is 5.56 Å². The summed E-state index contributed by atoms with van der Waals surface area (Å²) in [7, 11) is 0. The summed E-state index contributed by atoms with van der Waals surface area (Å²) in [4.78, 5) is 19.3. The van der Waals surface area contributed by atoms with Crippen LogP contribution in [-0.4, -0.2) is 29.2 Å². The maximum absolute atomic E-state index is 10.8. The predicted molar refractivity (Wildman–Crippen MR) is 69.8 cm³/mol. The number of hydrogen-bond donors (Lipinski definition) is 2. The molecule has 3 heterocycles. The van der Waals surface area contributed by atoms with E-state index < -0.39 is 6.09 Å². The molecule has 0 bridgehead atoms. The van der Waals surface area contributed by atoms with E-state index >= 15 is 0 Å². The van der Waals surface area contributed by atoms with Crippen molar-refractivity contribution >= 4 is 17.1 Å². The summed E-state index contributed by atoms with van der Waals surface area (Å²) < 4.78 is 4.81. The van der Waals surface area contributed by atoms with Crippen molar-refractivity contribution in [1.82, 2.24) is 15.3 Å². The van der Waals surface area contributed by atoms with E-state index in [1.54, 1.807) is 18.3 Å². The SMILES string of the molecule is NC(=O)Oc1ccc2nccc(CC3CNC3)c2n1. The van der Waals surface area contributed by atoms with Crippen molar-refractivity contribution in [1.29, 1.82) is 0 Å². The monoisotopic (exact) mass is 258 g/mol. The Bertz CT molecular complexity index is 625. The van der Waals surface area contributed by atoms with Crippen LogP contribution in [0.5, 0.6) is 5.88 Å². The number of fused-ring (bicyclic) bond motifs is 1. The van der Waals surface area contributed by atoms with Crippen LogP contribution in [0, 0.1) is 5.92 Å². The third-order valence-electron chi connectivity index (χ3n) is 3.22. The molecular formula is C13H14N4O2. The van der Waals surface area contributed by atoms with Crippen molar-refractivity contribution in [3.05, 3.63) is 30.0 Å². The molecule has 1 amide bonds. The fourth-order valence-corrected chi connectivity index (χ4v) is 2.19. The normalized spacial score (nSPS) is 15.2. The summed E-state index contributed by atoms with van der Waals surface area (Å²) in [5.41, 5.74) is 7.67. The van der Waals surface area contributed by atoms with Gasteiger partial charge in [0.05, 0.1) is 11.0 Å². The van der Waals surface area contributed by atoms with Gasteiger partial charge in [-0.15, -0.1) is 0 Å². The fraction of sp³-hybridized carbons (Fsp3) is 0.308. The van der Waals surface area contributed by atoms with Crippen molar-refractivity contribution in [2.24, 2.45) is 11.7 Å². The van der Waals surface area contributed by atoms with Gasteiger partial charge in [0.25, 0.3) is 0 Å². The number of ether oxygens (including phenoxy) is 1. The molecule has 2 aromatic rings. The number of carbonyl (C=O) groups is 1. The molecule has 1 fully saturated rings. The largest absolute Gasteiger partial charge is 0.411 e. The van der Waals surface area contributed by atoms with E-state index in [0.29, 0.717) is 5.92 Å². The van der Waals surface area contributed by atoms with Crippen LogP contribution < -0.4 is 15.8 Å². The zero-order chi connectivity index (χ0) is 13.2. The van der Waals surface area contributed by atoms with Crippen LogP contribution in [-0.2, 0) is 6.42 Å². The van der Waals surface area contributed by atoms with Crippen LogP contribution in [0.4, 0.5) is 4.79 Å². The lowest BCUT2D eigenvalue weighted by atomic mass is 9.94. The molecule has 0 unspecified atom stereocenters. The molecule has 3 rings (SSSR count). The van der Waals surface area contributed by atoms with Crippen LogP contribution in [0.25, 0.3) is 11.0 Å². The summed E-state index contributed by atoms with van der Waals surface area (Å²) in [5.74, 6) is 0.842. The van der Waals surface area contributed by atoms with E-state index in [-0.39, 0.29) is 5.88 Å². The second kappa shape index (κ2) is 4.81. The average molecular weight is 258 g/mol. The zero-order valence-electron chi connectivity index (χ0n) is 10.3. The lowest BCUT2D eigenvalue weighted by Gasteiger charge is -2.27. The molecule has 0 radical (unpaired) electrons. The average Bonchev–Trinajstić information content (AvgIpc) is 2.33. The number of amides is 1. The second-order valence-electron chi connectivity index (χ2n) is 4.64. The van der Waals surface area contributed by atoms with Gasteiger partial charge in [-0.3, -0.25) is 4.98 Å². The second-order valence-corrected chi connectivity index (χ2v) is 4.64. The Hall–Kier alpha value is -2.21. The maximum Gasteiger partial charge on any atom is 0.411 e. The Morgan fingerprint density at radius 1 is 1.42 bits per heavy atom. The molecule has 1 aliphatic heterocycles. The number of hydrogen-bond acceptors (Lipinski definition) is 5. The molecule has 1 aliphatic rings. The first kappa shape index (κ1) is 11.9. The van der Waals surface area contributed by atoms with E-state index in [4.69, 9.17) is 10.5 Å². The molecule has 0 aromatic carbocycles. The van der Waals surface area contributed by atoms with Crippen molar-refractivity contribution in [3.63, 3.8) is 0 Å². The lowest BCUT2D eigenvalue weighted by Crippen LogP contribution is -2.43. The van der Waals surface area contributed by atoms with Crippen LogP contribution in [0.2, 0.25) is 0 Å². The summed E-state index contributed by atoms with van der Waals surface area (Å²) in [6.45, 7) is 2.06. The first-order valence-electron chi connectivity index (χ1n) is 6.15. The number of carbonyl (C=O) groups excluding carboxylic acids is 1. The van der Waals surface area contributed by atoms with E-state index in [0.717, 1.165) is 36.1 Å². The van der Waals surface area contributed by atoms with Crippen LogP contribution >= 0.6 is 0 Å². The molecule has 3 N–H and O–H groups in total. The van der Waals surface area contributed by atoms with E-state index in [2.05, 4.69) is 15.3 Å². The van der Waals surface area contributed by atoms with Gasteiger partial charge in [-0.1, -0.05) is 0 Å².